The molecular weight excluding hydrogens is 281 g/mol. The molecule has 0 unspecified atom stereocenters. The highest BCUT2D eigenvalue weighted by Gasteiger charge is 2.15. The van der Waals surface area contributed by atoms with Crippen LogP contribution in [-0.4, -0.2) is 20.2 Å². The molecule has 20 heavy (non-hydrogen) atoms. The second-order valence-electron chi connectivity index (χ2n) is 4.10. The summed E-state index contributed by atoms with van der Waals surface area (Å²) in [7, 11) is 0. The molecule has 1 heterocycles. The number of hydrogen-bond acceptors (Lipinski definition) is 4. The van der Waals surface area contributed by atoms with Gasteiger partial charge in [-0.05, 0) is 46.8 Å². The van der Waals surface area contributed by atoms with Crippen LogP contribution in [0, 0.1) is 5.82 Å². The van der Waals surface area contributed by atoms with E-state index in [0.29, 0.717) is 27.8 Å². The van der Waals surface area contributed by atoms with E-state index in [9.17, 15) is 4.39 Å². The third-order valence-electron chi connectivity index (χ3n) is 2.81. The molecule has 0 atom stereocenters. The Morgan fingerprint density at radius 3 is 2.60 bits per heavy atom. The SMILES string of the molecule is Nc1cccc(-c2nnnn2-c2ccc(F)cc2)c1Cl. The zero-order valence-electron chi connectivity index (χ0n) is 10.2. The fourth-order valence-corrected chi connectivity index (χ4v) is 2.04. The summed E-state index contributed by atoms with van der Waals surface area (Å²) in [6.45, 7) is 0. The lowest BCUT2D eigenvalue weighted by molar-refractivity contribution is 0.627. The second-order valence-corrected chi connectivity index (χ2v) is 4.48. The van der Waals surface area contributed by atoms with Gasteiger partial charge in [0.15, 0.2) is 5.82 Å². The van der Waals surface area contributed by atoms with Gasteiger partial charge in [0.1, 0.15) is 5.82 Å². The summed E-state index contributed by atoms with van der Waals surface area (Å²) in [4.78, 5) is 0. The highest BCUT2D eigenvalue weighted by atomic mass is 35.5. The number of nitrogens with two attached hydrogens (primary N) is 1. The maximum atomic E-state index is 13.0. The molecular formula is C13H9ClFN5. The molecule has 0 amide bonds. The van der Waals surface area contributed by atoms with Crippen LogP contribution in [0.15, 0.2) is 42.5 Å². The van der Waals surface area contributed by atoms with Gasteiger partial charge in [0.05, 0.1) is 16.4 Å². The Labute approximate surface area is 118 Å². The van der Waals surface area contributed by atoms with Gasteiger partial charge in [0.2, 0.25) is 0 Å². The summed E-state index contributed by atoms with van der Waals surface area (Å²) >= 11 is 6.18. The lowest BCUT2D eigenvalue weighted by Crippen LogP contribution is -2.01. The molecule has 0 aliphatic heterocycles. The van der Waals surface area contributed by atoms with Crippen molar-refractivity contribution in [3.63, 3.8) is 0 Å². The van der Waals surface area contributed by atoms with Crippen LogP contribution in [0.2, 0.25) is 5.02 Å². The lowest BCUT2D eigenvalue weighted by atomic mass is 10.2. The van der Waals surface area contributed by atoms with Crippen molar-refractivity contribution in [3.05, 3.63) is 53.3 Å². The minimum Gasteiger partial charge on any atom is -0.398 e. The predicted octanol–water partition coefficient (Wildman–Crippen LogP) is 2.70. The van der Waals surface area contributed by atoms with Crippen molar-refractivity contribution in [2.24, 2.45) is 0 Å². The van der Waals surface area contributed by atoms with Crippen LogP contribution in [0.4, 0.5) is 10.1 Å². The number of hydrogen-bond donors (Lipinski definition) is 1. The van der Waals surface area contributed by atoms with Gasteiger partial charge in [0, 0.05) is 5.56 Å². The number of benzene rings is 2. The van der Waals surface area contributed by atoms with Crippen molar-refractivity contribution in [3.8, 4) is 17.1 Å². The smallest absolute Gasteiger partial charge is 0.188 e. The summed E-state index contributed by atoms with van der Waals surface area (Å²) in [6, 6.07) is 11.1. The largest absolute Gasteiger partial charge is 0.398 e. The van der Waals surface area contributed by atoms with Crippen LogP contribution < -0.4 is 5.73 Å². The van der Waals surface area contributed by atoms with E-state index in [1.165, 1.54) is 16.8 Å². The maximum Gasteiger partial charge on any atom is 0.188 e. The first-order valence-electron chi connectivity index (χ1n) is 5.75. The number of nitrogens with zero attached hydrogens (tertiary/aromatic N) is 4. The first kappa shape index (κ1) is 12.6. The number of rotatable bonds is 2. The maximum absolute atomic E-state index is 13.0. The predicted molar refractivity (Wildman–Crippen MR) is 74.0 cm³/mol. The fraction of sp³-hybridized carbons (Fsp3) is 0. The van der Waals surface area contributed by atoms with E-state index >= 15 is 0 Å². The molecule has 0 fully saturated rings. The van der Waals surface area contributed by atoms with E-state index in [1.807, 2.05) is 0 Å². The molecule has 3 rings (SSSR count). The first-order chi connectivity index (χ1) is 9.66. The Bertz CT molecular complexity index is 754. The average Bonchev–Trinajstić information content (AvgIpc) is 2.92. The third kappa shape index (κ3) is 2.10. The minimum absolute atomic E-state index is 0.328. The van der Waals surface area contributed by atoms with E-state index in [4.69, 9.17) is 17.3 Å². The highest BCUT2D eigenvalue weighted by molar-refractivity contribution is 6.35. The molecule has 0 saturated carbocycles. The highest BCUT2D eigenvalue weighted by Crippen LogP contribution is 2.31. The van der Waals surface area contributed by atoms with Gasteiger partial charge in [0.25, 0.3) is 0 Å². The monoisotopic (exact) mass is 289 g/mol. The van der Waals surface area contributed by atoms with Gasteiger partial charge in [-0.25, -0.2) is 4.39 Å². The lowest BCUT2D eigenvalue weighted by Gasteiger charge is -2.07. The molecule has 0 bridgehead atoms. The molecule has 0 radical (unpaired) electrons. The van der Waals surface area contributed by atoms with Crippen molar-refractivity contribution >= 4 is 17.3 Å². The van der Waals surface area contributed by atoms with Gasteiger partial charge in [-0.2, -0.15) is 4.68 Å². The summed E-state index contributed by atoms with van der Waals surface area (Å²) < 4.78 is 14.4. The summed E-state index contributed by atoms with van der Waals surface area (Å²) in [6.07, 6.45) is 0. The third-order valence-corrected chi connectivity index (χ3v) is 3.23. The minimum atomic E-state index is -0.328. The molecule has 3 aromatic rings. The zero-order chi connectivity index (χ0) is 14.1. The summed E-state index contributed by atoms with van der Waals surface area (Å²) in [5, 5.41) is 11.9. The van der Waals surface area contributed by atoms with Crippen LogP contribution in [0.3, 0.4) is 0 Å². The fourth-order valence-electron chi connectivity index (χ4n) is 1.83. The molecule has 100 valence electrons. The molecule has 0 spiro atoms. The van der Waals surface area contributed by atoms with Crippen LogP contribution in [0.1, 0.15) is 0 Å². The van der Waals surface area contributed by atoms with Crippen molar-refractivity contribution in [1.82, 2.24) is 20.2 Å². The Kier molecular flexibility index (Phi) is 3.08. The quantitative estimate of drug-likeness (QED) is 0.736. The number of tetrazole rings is 1. The number of nitrogen functional groups attached to an aromatic ring is 1. The first-order valence-corrected chi connectivity index (χ1v) is 6.13. The van der Waals surface area contributed by atoms with Crippen LogP contribution in [-0.2, 0) is 0 Å². The van der Waals surface area contributed by atoms with Crippen molar-refractivity contribution in [1.29, 1.82) is 0 Å². The topological polar surface area (TPSA) is 69.6 Å². The molecule has 7 heteroatoms. The van der Waals surface area contributed by atoms with Crippen molar-refractivity contribution in [2.45, 2.75) is 0 Å². The van der Waals surface area contributed by atoms with E-state index in [0.717, 1.165) is 0 Å². The van der Waals surface area contributed by atoms with E-state index in [2.05, 4.69) is 15.5 Å². The zero-order valence-corrected chi connectivity index (χ0v) is 10.9. The van der Waals surface area contributed by atoms with Gasteiger partial charge in [-0.15, -0.1) is 5.10 Å². The molecule has 1 aromatic heterocycles. The Morgan fingerprint density at radius 2 is 1.85 bits per heavy atom. The van der Waals surface area contributed by atoms with Crippen molar-refractivity contribution < 1.29 is 4.39 Å². The van der Waals surface area contributed by atoms with E-state index < -0.39 is 0 Å². The molecule has 5 nitrogen and oxygen atoms in total. The second kappa shape index (κ2) is 4.90. The Hall–Kier alpha value is -2.47. The number of aromatic nitrogens is 4. The molecule has 0 aliphatic carbocycles. The normalized spacial score (nSPS) is 10.7. The van der Waals surface area contributed by atoms with Crippen molar-refractivity contribution in [2.75, 3.05) is 5.73 Å². The van der Waals surface area contributed by atoms with E-state index in [-0.39, 0.29) is 5.82 Å². The van der Waals surface area contributed by atoms with Gasteiger partial charge >= 0.3 is 0 Å². The van der Waals surface area contributed by atoms with Crippen LogP contribution in [0.25, 0.3) is 17.1 Å². The number of anilines is 1. The number of halogens is 2. The summed E-state index contributed by atoms with van der Waals surface area (Å²) in [5.41, 5.74) is 7.46. The van der Waals surface area contributed by atoms with Crippen LogP contribution in [0.5, 0.6) is 0 Å². The van der Waals surface area contributed by atoms with Gasteiger partial charge in [-0.3, -0.25) is 0 Å². The Balaban J connectivity index is 2.15. The molecule has 0 aliphatic rings. The standard InChI is InChI=1S/C13H9ClFN5/c14-12-10(2-1-3-11(12)16)13-17-18-19-20(13)9-6-4-8(15)5-7-9/h1-7H,16H2. The Morgan fingerprint density at radius 1 is 1.10 bits per heavy atom. The van der Waals surface area contributed by atoms with Gasteiger partial charge in [-0.1, -0.05) is 17.7 Å². The molecule has 2 N–H and O–H groups in total. The van der Waals surface area contributed by atoms with Gasteiger partial charge < -0.3 is 5.73 Å². The molecule has 2 aromatic carbocycles. The van der Waals surface area contributed by atoms with E-state index in [1.54, 1.807) is 30.3 Å². The average molecular weight is 290 g/mol. The molecule has 0 saturated heterocycles. The van der Waals surface area contributed by atoms with Crippen LogP contribution >= 0.6 is 11.6 Å². The summed E-state index contributed by atoms with van der Waals surface area (Å²) in [5.74, 6) is 0.110.